The minimum Gasteiger partial charge on any atom is -0.479 e. The summed E-state index contributed by atoms with van der Waals surface area (Å²) >= 11 is 0. The number of fused-ring (bicyclic) bond motifs is 1. The van der Waals surface area contributed by atoms with Gasteiger partial charge in [0.25, 0.3) is 0 Å². The van der Waals surface area contributed by atoms with E-state index < -0.39 is 12.7 Å². The molecule has 168 valence electrons. The number of alkyl halides is 3. The summed E-state index contributed by atoms with van der Waals surface area (Å²) in [6.45, 7) is 2.68. The maximum absolute atomic E-state index is 12.7. The van der Waals surface area contributed by atoms with Crippen LogP contribution in [0.15, 0.2) is 12.4 Å². The van der Waals surface area contributed by atoms with E-state index in [0.717, 1.165) is 26.8 Å². The highest BCUT2D eigenvalue weighted by Crippen LogP contribution is 2.30. The Balaban J connectivity index is 1.72. The van der Waals surface area contributed by atoms with Crippen LogP contribution < -0.4 is 4.74 Å². The van der Waals surface area contributed by atoms with Crippen molar-refractivity contribution in [2.45, 2.75) is 46.0 Å². The summed E-state index contributed by atoms with van der Waals surface area (Å²) in [5.74, 6) is 0.464. The normalized spacial score (nSPS) is 11.9. The van der Waals surface area contributed by atoms with E-state index in [1.807, 2.05) is 13.8 Å². The van der Waals surface area contributed by atoms with Crippen molar-refractivity contribution in [2.75, 3.05) is 14.2 Å². The van der Waals surface area contributed by atoms with Gasteiger partial charge in [0.1, 0.15) is 12.4 Å². The fourth-order valence-corrected chi connectivity index (χ4v) is 3.66. The highest BCUT2D eigenvalue weighted by molar-refractivity contribution is 5.86. The average molecular weight is 438 g/mol. The molecular weight excluding hydrogens is 413 g/mol. The zero-order valence-electron chi connectivity index (χ0n) is 18.1. The molecule has 0 aliphatic rings. The van der Waals surface area contributed by atoms with Crippen LogP contribution in [0.3, 0.4) is 0 Å². The van der Waals surface area contributed by atoms with Crippen LogP contribution in [0.5, 0.6) is 5.88 Å². The van der Waals surface area contributed by atoms with E-state index in [2.05, 4.69) is 15.1 Å². The summed E-state index contributed by atoms with van der Waals surface area (Å²) < 4.78 is 46.1. The van der Waals surface area contributed by atoms with Crippen molar-refractivity contribution >= 4 is 16.9 Å². The van der Waals surface area contributed by atoms with Crippen LogP contribution in [-0.2, 0) is 31.4 Å². The van der Waals surface area contributed by atoms with Crippen molar-refractivity contribution in [3.8, 4) is 5.88 Å². The topological polar surface area (TPSA) is 78.1 Å². The summed E-state index contributed by atoms with van der Waals surface area (Å²) in [5.41, 5.74) is 3.38. The lowest BCUT2D eigenvalue weighted by Crippen LogP contribution is -2.29. The first-order valence-electron chi connectivity index (χ1n) is 9.69. The molecule has 0 unspecified atom stereocenters. The number of carbonyl (C=O) groups excluding carboxylic acids is 1. The number of pyridine rings is 1. The summed E-state index contributed by atoms with van der Waals surface area (Å²) in [6.07, 6.45) is -1.16. The number of nitrogens with zero attached hydrogens (tertiary/aromatic N) is 6. The number of aromatic nitrogens is 5. The Hall–Kier alpha value is -3.11. The number of rotatable bonds is 7. The number of aryl methyl sites for hydroxylation is 3. The van der Waals surface area contributed by atoms with Gasteiger partial charge in [0, 0.05) is 38.6 Å². The van der Waals surface area contributed by atoms with E-state index in [-0.39, 0.29) is 24.7 Å². The van der Waals surface area contributed by atoms with Crippen molar-refractivity contribution in [1.82, 2.24) is 29.2 Å². The number of ether oxygens (including phenoxy) is 1. The van der Waals surface area contributed by atoms with Crippen molar-refractivity contribution in [2.24, 2.45) is 7.05 Å². The molecule has 0 aliphatic carbocycles. The minimum absolute atomic E-state index is 0.00636. The van der Waals surface area contributed by atoms with Crippen molar-refractivity contribution in [3.63, 3.8) is 0 Å². The third-order valence-corrected chi connectivity index (χ3v) is 5.26. The summed E-state index contributed by atoms with van der Waals surface area (Å²) in [4.78, 5) is 22.6. The van der Waals surface area contributed by atoms with Gasteiger partial charge in [-0.1, -0.05) is 0 Å². The lowest BCUT2D eigenvalue weighted by atomic mass is 10.00. The molecular formula is C20H25F3N6O2. The maximum atomic E-state index is 12.7. The molecule has 0 aromatic carbocycles. The number of halogens is 3. The van der Waals surface area contributed by atoms with Gasteiger partial charge in [-0.05, 0) is 31.4 Å². The fraction of sp³-hybridized carbons (Fsp3) is 0.500. The van der Waals surface area contributed by atoms with Gasteiger partial charge in [-0.3, -0.25) is 4.79 Å². The number of amides is 1. The van der Waals surface area contributed by atoms with Gasteiger partial charge in [0.2, 0.25) is 11.8 Å². The molecule has 0 radical (unpaired) electrons. The van der Waals surface area contributed by atoms with Crippen LogP contribution in [0.25, 0.3) is 11.0 Å². The number of hydrogen-bond donors (Lipinski definition) is 0. The third-order valence-electron chi connectivity index (χ3n) is 5.26. The second-order valence-corrected chi connectivity index (χ2v) is 7.47. The second kappa shape index (κ2) is 8.56. The molecule has 0 saturated carbocycles. The Morgan fingerprint density at radius 1 is 1.29 bits per heavy atom. The summed E-state index contributed by atoms with van der Waals surface area (Å²) in [7, 11) is 4.89. The van der Waals surface area contributed by atoms with Gasteiger partial charge in [-0.25, -0.2) is 14.6 Å². The number of methoxy groups -OCH3 is 1. The number of imidazole rings is 1. The number of carbonyl (C=O) groups is 1. The van der Waals surface area contributed by atoms with Crippen LogP contribution in [0.1, 0.15) is 29.1 Å². The fourth-order valence-electron chi connectivity index (χ4n) is 3.66. The monoisotopic (exact) mass is 438 g/mol. The number of hydrogen-bond acceptors (Lipinski definition) is 5. The SMILES string of the molecule is COc1nn(C)c2nc(C)c(CCC(=O)N(C)Cc3nccn3CC(F)(F)F)c(C)c12. The van der Waals surface area contributed by atoms with E-state index in [4.69, 9.17) is 4.74 Å². The van der Waals surface area contributed by atoms with Crippen LogP contribution >= 0.6 is 0 Å². The van der Waals surface area contributed by atoms with Crippen LogP contribution in [0.4, 0.5) is 13.2 Å². The Bertz CT molecular complexity index is 1100. The van der Waals surface area contributed by atoms with Gasteiger partial charge >= 0.3 is 6.18 Å². The van der Waals surface area contributed by atoms with Crippen LogP contribution in [0.2, 0.25) is 0 Å². The molecule has 0 atom stereocenters. The molecule has 11 heteroatoms. The molecule has 1 amide bonds. The second-order valence-electron chi connectivity index (χ2n) is 7.47. The molecule has 0 fully saturated rings. The standard InChI is InChI=1S/C20H25F3N6O2/c1-12-14(13(2)25-18-17(12)19(31-5)26-28(18)4)6-7-16(30)27(3)10-15-24-8-9-29(15)11-20(21,22)23/h8-9H,6-7,10-11H2,1-5H3. The van der Waals surface area contributed by atoms with Crippen LogP contribution in [-0.4, -0.2) is 55.5 Å². The van der Waals surface area contributed by atoms with E-state index >= 15 is 0 Å². The first kappa shape index (κ1) is 22.6. The Morgan fingerprint density at radius 2 is 2.00 bits per heavy atom. The van der Waals surface area contributed by atoms with Gasteiger partial charge in [0.15, 0.2) is 5.65 Å². The smallest absolute Gasteiger partial charge is 0.406 e. The average Bonchev–Trinajstić information content (AvgIpc) is 3.23. The molecule has 3 aromatic heterocycles. The molecule has 8 nitrogen and oxygen atoms in total. The zero-order chi connectivity index (χ0) is 22.9. The molecule has 31 heavy (non-hydrogen) atoms. The lowest BCUT2D eigenvalue weighted by molar-refractivity contribution is -0.141. The Morgan fingerprint density at radius 3 is 2.65 bits per heavy atom. The molecule has 3 heterocycles. The molecule has 3 rings (SSSR count). The third kappa shape index (κ3) is 4.80. The van der Waals surface area contributed by atoms with Crippen molar-refractivity contribution in [3.05, 3.63) is 35.0 Å². The summed E-state index contributed by atoms with van der Waals surface area (Å²) in [5, 5.41) is 5.12. The van der Waals surface area contributed by atoms with Gasteiger partial charge in [-0.2, -0.15) is 13.2 Å². The molecule has 3 aromatic rings. The van der Waals surface area contributed by atoms with Gasteiger partial charge < -0.3 is 14.2 Å². The Kier molecular flexibility index (Phi) is 6.23. The zero-order valence-corrected chi connectivity index (χ0v) is 18.1. The van der Waals surface area contributed by atoms with Crippen molar-refractivity contribution in [1.29, 1.82) is 0 Å². The predicted octanol–water partition coefficient (Wildman–Crippen LogP) is 2.94. The maximum Gasteiger partial charge on any atom is 0.406 e. The Labute approximate surface area is 177 Å². The minimum atomic E-state index is -4.36. The molecule has 0 saturated heterocycles. The van der Waals surface area contributed by atoms with E-state index in [1.165, 1.54) is 17.3 Å². The van der Waals surface area contributed by atoms with Gasteiger partial charge in [-0.15, -0.1) is 5.10 Å². The lowest BCUT2D eigenvalue weighted by Gasteiger charge is -2.19. The quantitative estimate of drug-likeness (QED) is 0.567. The molecule has 0 bridgehead atoms. The molecule has 0 spiro atoms. The molecule has 0 N–H and O–H groups in total. The van der Waals surface area contributed by atoms with Crippen LogP contribution in [0, 0.1) is 13.8 Å². The van der Waals surface area contributed by atoms with E-state index in [0.29, 0.717) is 17.9 Å². The largest absolute Gasteiger partial charge is 0.479 e. The van der Waals surface area contributed by atoms with Gasteiger partial charge in [0.05, 0.1) is 19.0 Å². The first-order chi connectivity index (χ1) is 14.5. The van der Waals surface area contributed by atoms with E-state index in [9.17, 15) is 18.0 Å². The highest BCUT2D eigenvalue weighted by atomic mass is 19.4. The van der Waals surface area contributed by atoms with Crippen molar-refractivity contribution < 1.29 is 22.7 Å². The molecule has 0 aliphatic heterocycles. The predicted molar refractivity (Wildman–Crippen MR) is 108 cm³/mol. The van der Waals surface area contributed by atoms with E-state index in [1.54, 1.807) is 25.9 Å². The first-order valence-corrected chi connectivity index (χ1v) is 9.69. The highest BCUT2D eigenvalue weighted by Gasteiger charge is 2.29. The summed E-state index contributed by atoms with van der Waals surface area (Å²) in [6, 6.07) is 0.